The molecule has 178 valence electrons. The van der Waals surface area contributed by atoms with Gasteiger partial charge in [-0.25, -0.2) is 9.97 Å². The van der Waals surface area contributed by atoms with Crippen molar-refractivity contribution in [1.29, 1.82) is 0 Å². The number of nitrogens with one attached hydrogen (secondary N) is 2. The number of methoxy groups -OCH3 is 3. The molecular weight excluding hydrogens is 460 g/mol. The zero-order valence-electron chi connectivity index (χ0n) is 20.0. The number of anilines is 2. The van der Waals surface area contributed by atoms with Crippen LogP contribution >= 0.6 is 12.2 Å². The maximum absolute atomic E-state index is 5.56. The van der Waals surface area contributed by atoms with Crippen LogP contribution in [0, 0.1) is 6.92 Å². The number of hydrogen-bond acceptors (Lipinski definition) is 6. The summed E-state index contributed by atoms with van der Waals surface area (Å²) in [7, 11) is 4.75. The van der Waals surface area contributed by atoms with Gasteiger partial charge < -0.3 is 24.8 Å². The maximum atomic E-state index is 5.56. The van der Waals surface area contributed by atoms with Gasteiger partial charge in [0.05, 0.1) is 26.8 Å². The van der Waals surface area contributed by atoms with Crippen molar-refractivity contribution < 1.29 is 14.2 Å². The van der Waals surface area contributed by atoms with Gasteiger partial charge >= 0.3 is 0 Å². The summed E-state index contributed by atoms with van der Waals surface area (Å²) >= 11 is 5.56. The molecule has 8 heteroatoms. The Hall–Kier alpha value is -4.17. The molecule has 3 aromatic carbocycles. The van der Waals surface area contributed by atoms with E-state index in [1.54, 1.807) is 21.3 Å². The zero-order chi connectivity index (χ0) is 24.8. The molecule has 4 aromatic rings. The van der Waals surface area contributed by atoms with Crippen LogP contribution in [0.5, 0.6) is 17.2 Å². The third-order valence-electron chi connectivity index (χ3n) is 5.36. The van der Waals surface area contributed by atoms with Gasteiger partial charge in [-0.05, 0) is 66.7 Å². The van der Waals surface area contributed by atoms with E-state index in [2.05, 4.69) is 15.6 Å². The van der Waals surface area contributed by atoms with Crippen LogP contribution < -0.4 is 24.8 Å². The molecule has 0 saturated carbocycles. The molecule has 0 aliphatic carbocycles. The molecule has 0 atom stereocenters. The fraction of sp³-hybridized carbons (Fsp3) is 0.148. The van der Waals surface area contributed by atoms with Gasteiger partial charge in [0.25, 0.3) is 0 Å². The minimum absolute atomic E-state index is 0.447. The standard InChI is InChI=1S/C27H26N4O3S/c1-17-9-5-7-11-20(17)29-27(35)31-26-19-10-6-8-12-21(19)28-24(30-26)14-13-18-15-22(32-2)25(34-4)23(16-18)33-3/h5-16H,1-4H3,(H2,28,29,30,31,35)/b14-13+. The topological polar surface area (TPSA) is 77.5 Å². The lowest BCUT2D eigenvalue weighted by Crippen LogP contribution is -2.20. The first-order valence-electron chi connectivity index (χ1n) is 10.9. The number of fused-ring (bicyclic) bond motifs is 1. The number of ether oxygens (including phenoxy) is 3. The lowest BCUT2D eigenvalue weighted by Gasteiger charge is -2.14. The molecule has 0 fully saturated rings. The largest absolute Gasteiger partial charge is 0.493 e. The monoisotopic (exact) mass is 486 g/mol. The van der Waals surface area contributed by atoms with Gasteiger partial charge in [-0.3, -0.25) is 0 Å². The molecule has 1 aromatic heterocycles. The van der Waals surface area contributed by atoms with Crippen LogP contribution in [0.4, 0.5) is 11.5 Å². The number of para-hydroxylation sites is 2. The Kier molecular flexibility index (Phi) is 7.42. The Labute approximate surface area is 209 Å². The van der Waals surface area contributed by atoms with Crippen LogP contribution in [0.1, 0.15) is 17.0 Å². The van der Waals surface area contributed by atoms with Gasteiger partial charge in [-0.15, -0.1) is 0 Å². The smallest absolute Gasteiger partial charge is 0.203 e. The Morgan fingerprint density at radius 1 is 0.829 bits per heavy atom. The highest BCUT2D eigenvalue weighted by molar-refractivity contribution is 7.80. The van der Waals surface area contributed by atoms with Crippen LogP contribution in [-0.2, 0) is 0 Å². The van der Waals surface area contributed by atoms with Crippen molar-refractivity contribution in [3.63, 3.8) is 0 Å². The fourth-order valence-corrected chi connectivity index (χ4v) is 3.81. The number of aryl methyl sites for hydroxylation is 1. The summed E-state index contributed by atoms with van der Waals surface area (Å²) in [5, 5.41) is 7.78. The second kappa shape index (κ2) is 10.8. The third-order valence-corrected chi connectivity index (χ3v) is 5.56. The quantitative estimate of drug-likeness (QED) is 0.311. The van der Waals surface area contributed by atoms with Gasteiger partial charge in [0.1, 0.15) is 5.82 Å². The number of aromatic nitrogens is 2. The van der Waals surface area contributed by atoms with Crippen LogP contribution in [0.15, 0.2) is 60.7 Å². The van der Waals surface area contributed by atoms with E-state index < -0.39 is 0 Å². The first kappa shape index (κ1) is 24.0. The van der Waals surface area contributed by atoms with E-state index in [-0.39, 0.29) is 0 Å². The van der Waals surface area contributed by atoms with Gasteiger partial charge in [0.15, 0.2) is 22.4 Å². The number of rotatable bonds is 7. The van der Waals surface area contributed by atoms with Crippen LogP contribution in [0.3, 0.4) is 0 Å². The minimum Gasteiger partial charge on any atom is -0.493 e. The number of benzene rings is 3. The lowest BCUT2D eigenvalue weighted by atomic mass is 10.1. The van der Waals surface area contributed by atoms with E-state index in [0.29, 0.717) is 34.0 Å². The molecule has 0 spiro atoms. The van der Waals surface area contributed by atoms with E-state index in [4.69, 9.17) is 31.4 Å². The molecule has 0 saturated heterocycles. The lowest BCUT2D eigenvalue weighted by molar-refractivity contribution is 0.324. The third kappa shape index (κ3) is 5.50. The number of nitrogens with zero attached hydrogens (tertiary/aromatic N) is 2. The zero-order valence-corrected chi connectivity index (χ0v) is 20.8. The Morgan fingerprint density at radius 3 is 2.20 bits per heavy atom. The van der Waals surface area contributed by atoms with E-state index in [1.807, 2.05) is 79.7 Å². The second-order valence-electron chi connectivity index (χ2n) is 7.63. The molecule has 0 aliphatic heterocycles. The van der Waals surface area contributed by atoms with Gasteiger partial charge in [0.2, 0.25) is 5.75 Å². The fourth-order valence-electron chi connectivity index (χ4n) is 3.61. The molecule has 35 heavy (non-hydrogen) atoms. The van der Waals surface area contributed by atoms with Crippen molar-refractivity contribution in [2.75, 3.05) is 32.0 Å². The van der Waals surface area contributed by atoms with E-state index in [9.17, 15) is 0 Å². The van der Waals surface area contributed by atoms with E-state index in [1.165, 1.54) is 0 Å². The molecule has 0 aliphatic rings. The van der Waals surface area contributed by atoms with Crippen LogP contribution in [0.2, 0.25) is 0 Å². The highest BCUT2D eigenvalue weighted by atomic mass is 32.1. The summed E-state index contributed by atoms with van der Waals surface area (Å²) < 4.78 is 16.3. The Morgan fingerprint density at radius 2 is 1.51 bits per heavy atom. The first-order valence-corrected chi connectivity index (χ1v) is 11.3. The molecule has 0 unspecified atom stereocenters. The van der Waals surface area contributed by atoms with E-state index in [0.717, 1.165) is 27.7 Å². The van der Waals surface area contributed by atoms with Gasteiger partial charge in [-0.2, -0.15) is 0 Å². The van der Waals surface area contributed by atoms with Crippen molar-refractivity contribution in [1.82, 2.24) is 9.97 Å². The molecule has 0 radical (unpaired) electrons. The van der Waals surface area contributed by atoms with Crippen molar-refractivity contribution in [3.8, 4) is 17.2 Å². The predicted molar refractivity (Wildman–Crippen MR) is 146 cm³/mol. The normalized spacial score (nSPS) is 10.9. The minimum atomic E-state index is 0.447. The van der Waals surface area contributed by atoms with Crippen LogP contribution in [0.25, 0.3) is 23.1 Å². The van der Waals surface area contributed by atoms with Crippen molar-refractivity contribution in [2.24, 2.45) is 0 Å². The predicted octanol–water partition coefficient (Wildman–Crippen LogP) is 5.94. The van der Waals surface area contributed by atoms with Crippen molar-refractivity contribution >= 4 is 51.9 Å². The summed E-state index contributed by atoms with van der Waals surface area (Å²) in [5.41, 5.74) is 3.68. The van der Waals surface area contributed by atoms with E-state index >= 15 is 0 Å². The summed E-state index contributed by atoms with van der Waals surface area (Å²) in [6.07, 6.45) is 3.72. The van der Waals surface area contributed by atoms with Crippen LogP contribution in [-0.4, -0.2) is 36.4 Å². The van der Waals surface area contributed by atoms with Crippen molar-refractivity contribution in [2.45, 2.75) is 6.92 Å². The number of hydrogen-bond donors (Lipinski definition) is 2. The summed E-state index contributed by atoms with van der Waals surface area (Å²) in [6.45, 7) is 2.02. The average Bonchev–Trinajstić information content (AvgIpc) is 2.88. The summed E-state index contributed by atoms with van der Waals surface area (Å²) in [6, 6.07) is 19.5. The molecule has 0 amide bonds. The molecule has 4 rings (SSSR count). The second-order valence-corrected chi connectivity index (χ2v) is 8.04. The SMILES string of the molecule is COc1cc(/C=C/c2nc(NC(=S)Nc3ccccc3C)c3ccccc3n2)cc(OC)c1OC. The average molecular weight is 487 g/mol. The van der Waals surface area contributed by atoms with Gasteiger partial charge in [0, 0.05) is 11.1 Å². The van der Waals surface area contributed by atoms with Gasteiger partial charge in [-0.1, -0.05) is 36.4 Å². The molecule has 7 nitrogen and oxygen atoms in total. The molecule has 2 N–H and O–H groups in total. The molecule has 0 bridgehead atoms. The Bertz CT molecular complexity index is 1380. The highest BCUT2D eigenvalue weighted by Crippen LogP contribution is 2.38. The summed E-state index contributed by atoms with van der Waals surface area (Å²) in [5.74, 6) is 2.82. The summed E-state index contributed by atoms with van der Waals surface area (Å²) in [4.78, 5) is 9.40. The molecule has 1 heterocycles. The maximum Gasteiger partial charge on any atom is 0.203 e. The first-order chi connectivity index (χ1) is 17.0. The highest BCUT2D eigenvalue weighted by Gasteiger charge is 2.13. The number of thiocarbonyl (C=S) groups is 1. The Balaban J connectivity index is 1.65. The molecular formula is C27H26N4O3S. The van der Waals surface area contributed by atoms with Crippen molar-refractivity contribution in [3.05, 3.63) is 77.6 Å².